The van der Waals surface area contributed by atoms with Crippen molar-refractivity contribution in [2.75, 3.05) is 13.1 Å². The quantitative estimate of drug-likeness (QED) is 0.719. The molecule has 1 saturated heterocycles. The van der Waals surface area contributed by atoms with Crippen LogP contribution in [0.5, 0.6) is 6.01 Å². The molecule has 1 aliphatic rings. The highest BCUT2D eigenvalue weighted by atomic mass is 35.5. The lowest BCUT2D eigenvalue weighted by Gasteiger charge is -2.09. The van der Waals surface area contributed by atoms with E-state index in [1.165, 1.54) is 0 Å². The van der Waals surface area contributed by atoms with E-state index < -0.39 is 0 Å². The highest BCUT2D eigenvalue weighted by Crippen LogP contribution is 2.11. The van der Waals surface area contributed by atoms with Crippen molar-refractivity contribution in [3.8, 4) is 6.01 Å². The Morgan fingerprint density at radius 3 is 3.23 bits per heavy atom. The molecular formula is C8H10ClN3O. The molecule has 1 aliphatic heterocycles. The molecule has 0 saturated carbocycles. The van der Waals surface area contributed by atoms with Crippen LogP contribution in [0.3, 0.4) is 0 Å². The van der Waals surface area contributed by atoms with Crippen LogP contribution in [0, 0.1) is 0 Å². The largest absolute Gasteiger partial charge is 0.459 e. The first kappa shape index (κ1) is 8.72. The molecule has 1 N–H and O–H groups in total. The van der Waals surface area contributed by atoms with Crippen molar-refractivity contribution in [2.24, 2.45) is 0 Å². The molecule has 0 radical (unpaired) electrons. The second-order valence-electron chi connectivity index (χ2n) is 2.89. The second kappa shape index (κ2) is 3.89. The van der Waals surface area contributed by atoms with Gasteiger partial charge in [0.05, 0.1) is 0 Å². The average molecular weight is 200 g/mol. The van der Waals surface area contributed by atoms with Gasteiger partial charge < -0.3 is 10.1 Å². The van der Waals surface area contributed by atoms with E-state index in [9.17, 15) is 0 Å². The standard InChI is InChI=1S/C8H10ClN3O/c9-7-2-4-11-8(12-7)13-6-1-3-10-5-6/h2,4,6,10H,1,3,5H2/t6-/m0/s1. The van der Waals surface area contributed by atoms with Crippen LogP contribution in [-0.2, 0) is 0 Å². The number of hydrogen-bond acceptors (Lipinski definition) is 4. The van der Waals surface area contributed by atoms with E-state index >= 15 is 0 Å². The lowest BCUT2D eigenvalue weighted by molar-refractivity contribution is 0.204. The van der Waals surface area contributed by atoms with Crippen LogP contribution in [0.4, 0.5) is 0 Å². The summed E-state index contributed by atoms with van der Waals surface area (Å²) in [6, 6.07) is 1.99. The zero-order valence-electron chi connectivity index (χ0n) is 7.03. The first-order valence-corrected chi connectivity index (χ1v) is 4.58. The van der Waals surface area contributed by atoms with Crippen molar-refractivity contribution in [3.05, 3.63) is 17.4 Å². The van der Waals surface area contributed by atoms with E-state index in [0.717, 1.165) is 19.5 Å². The Balaban J connectivity index is 2.00. The van der Waals surface area contributed by atoms with Crippen molar-refractivity contribution in [1.29, 1.82) is 0 Å². The highest BCUT2D eigenvalue weighted by Gasteiger charge is 2.16. The maximum Gasteiger partial charge on any atom is 0.318 e. The third kappa shape index (κ3) is 2.29. The van der Waals surface area contributed by atoms with Gasteiger partial charge in [-0.3, -0.25) is 0 Å². The lowest BCUT2D eigenvalue weighted by Crippen LogP contribution is -2.20. The zero-order chi connectivity index (χ0) is 9.10. The van der Waals surface area contributed by atoms with Gasteiger partial charge in [-0.05, 0) is 19.0 Å². The third-order valence-electron chi connectivity index (χ3n) is 1.89. The van der Waals surface area contributed by atoms with Gasteiger partial charge in [0.25, 0.3) is 0 Å². The van der Waals surface area contributed by atoms with Crippen molar-refractivity contribution >= 4 is 11.6 Å². The van der Waals surface area contributed by atoms with E-state index in [1.54, 1.807) is 12.3 Å². The summed E-state index contributed by atoms with van der Waals surface area (Å²) < 4.78 is 5.49. The van der Waals surface area contributed by atoms with Gasteiger partial charge in [-0.2, -0.15) is 4.98 Å². The number of rotatable bonds is 2. The molecule has 2 rings (SSSR count). The van der Waals surface area contributed by atoms with Crippen LogP contribution in [0.15, 0.2) is 12.3 Å². The molecule has 0 bridgehead atoms. The molecule has 4 nitrogen and oxygen atoms in total. The minimum Gasteiger partial charge on any atom is -0.459 e. The summed E-state index contributed by atoms with van der Waals surface area (Å²) in [7, 11) is 0. The van der Waals surface area contributed by atoms with Gasteiger partial charge in [0.15, 0.2) is 0 Å². The summed E-state index contributed by atoms with van der Waals surface area (Å²) >= 11 is 5.68. The molecule has 2 heterocycles. The van der Waals surface area contributed by atoms with Crippen molar-refractivity contribution in [3.63, 3.8) is 0 Å². The Labute approximate surface area is 81.3 Å². The molecular weight excluding hydrogens is 190 g/mol. The van der Waals surface area contributed by atoms with Gasteiger partial charge in [-0.25, -0.2) is 4.98 Å². The predicted molar refractivity (Wildman–Crippen MR) is 48.9 cm³/mol. The van der Waals surface area contributed by atoms with E-state index in [2.05, 4.69) is 15.3 Å². The normalized spacial score (nSPS) is 21.8. The fraction of sp³-hybridized carbons (Fsp3) is 0.500. The molecule has 1 aromatic rings. The summed E-state index contributed by atoms with van der Waals surface area (Å²) in [5, 5.41) is 3.61. The fourth-order valence-corrected chi connectivity index (χ4v) is 1.38. The van der Waals surface area contributed by atoms with Crippen LogP contribution in [-0.4, -0.2) is 29.2 Å². The number of halogens is 1. The summed E-state index contributed by atoms with van der Waals surface area (Å²) in [4.78, 5) is 7.90. The smallest absolute Gasteiger partial charge is 0.318 e. The number of nitrogens with zero attached hydrogens (tertiary/aromatic N) is 2. The molecule has 0 aliphatic carbocycles. The molecule has 1 aromatic heterocycles. The number of nitrogens with one attached hydrogen (secondary N) is 1. The molecule has 5 heteroatoms. The number of aromatic nitrogens is 2. The predicted octanol–water partition coefficient (Wildman–Crippen LogP) is 0.871. The minimum absolute atomic E-state index is 0.179. The van der Waals surface area contributed by atoms with Crippen LogP contribution in [0.1, 0.15) is 6.42 Å². The maximum absolute atomic E-state index is 5.68. The average Bonchev–Trinajstić information content (AvgIpc) is 2.57. The summed E-state index contributed by atoms with van der Waals surface area (Å²) in [5.41, 5.74) is 0. The van der Waals surface area contributed by atoms with Crippen molar-refractivity contribution in [2.45, 2.75) is 12.5 Å². The van der Waals surface area contributed by atoms with Crippen molar-refractivity contribution < 1.29 is 4.74 Å². The lowest BCUT2D eigenvalue weighted by atomic mass is 10.3. The van der Waals surface area contributed by atoms with Crippen molar-refractivity contribution in [1.82, 2.24) is 15.3 Å². The van der Waals surface area contributed by atoms with E-state index in [1.807, 2.05) is 0 Å². The Morgan fingerprint density at radius 1 is 1.62 bits per heavy atom. The van der Waals surface area contributed by atoms with Crippen LogP contribution in [0.2, 0.25) is 5.15 Å². The SMILES string of the molecule is Clc1ccnc(O[C@H]2CCNC2)n1. The van der Waals surface area contributed by atoms with Crippen LogP contribution < -0.4 is 10.1 Å². The second-order valence-corrected chi connectivity index (χ2v) is 3.28. The first-order valence-electron chi connectivity index (χ1n) is 4.20. The fourth-order valence-electron chi connectivity index (χ4n) is 1.25. The van der Waals surface area contributed by atoms with Gasteiger partial charge in [0.2, 0.25) is 0 Å². The van der Waals surface area contributed by atoms with E-state index in [-0.39, 0.29) is 6.10 Å². The Hall–Kier alpha value is -0.870. The molecule has 1 atom stereocenters. The Kier molecular flexibility index (Phi) is 2.61. The number of hydrogen-bond donors (Lipinski definition) is 1. The third-order valence-corrected chi connectivity index (χ3v) is 2.10. The highest BCUT2D eigenvalue weighted by molar-refractivity contribution is 6.29. The molecule has 13 heavy (non-hydrogen) atoms. The zero-order valence-corrected chi connectivity index (χ0v) is 7.79. The molecule has 0 aromatic carbocycles. The monoisotopic (exact) mass is 199 g/mol. The van der Waals surface area contributed by atoms with Gasteiger partial charge >= 0.3 is 6.01 Å². The molecule has 70 valence electrons. The Morgan fingerprint density at radius 2 is 2.54 bits per heavy atom. The molecule has 1 fully saturated rings. The van der Waals surface area contributed by atoms with Gasteiger partial charge in [0.1, 0.15) is 11.3 Å². The summed E-state index contributed by atoms with van der Waals surface area (Å²) in [6.07, 6.45) is 2.77. The van der Waals surface area contributed by atoms with Gasteiger partial charge in [-0.15, -0.1) is 0 Å². The molecule has 0 unspecified atom stereocenters. The molecule has 0 spiro atoms. The summed E-state index contributed by atoms with van der Waals surface area (Å²) in [6.45, 7) is 1.85. The first-order chi connectivity index (χ1) is 6.34. The van der Waals surface area contributed by atoms with Gasteiger partial charge in [-0.1, -0.05) is 11.6 Å². The van der Waals surface area contributed by atoms with E-state index in [0.29, 0.717) is 11.2 Å². The Bertz CT molecular complexity index is 288. The summed E-state index contributed by atoms with van der Waals surface area (Å²) in [5.74, 6) is 0. The maximum atomic E-state index is 5.68. The van der Waals surface area contributed by atoms with E-state index in [4.69, 9.17) is 16.3 Å². The van der Waals surface area contributed by atoms with Crippen LogP contribution in [0.25, 0.3) is 0 Å². The van der Waals surface area contributed by atoms with Gasteiger partial charge in [0, 0.05) is 12.7 Å². The number of ether oxygens (including phenoxy) is 1. The topological polar surface area (TPSA) is 47.0 Å². The minimum atomic E-state index is 0.179. The van der Waals surface area contributed by atoms with Crippen LogP contribution >= 0.6 is 11.6 Å². The molecule has 0 amide bonds.